The molecule has 1 N–H and O–H groups in total. The Kier molecular flexibility index (Phi) is 4.14. The first kappa shape index (κ1) is 14.2. The number of carbonyl (C=O) groups is 1. The zero-order valence-corrected chi connectivity index (χ0v) is 12.0. The first-order valence-corrected chi connectivity index (χ1v) is 6.41. The first-order valence-electron chi connectivity index (χ1n) is 5.62. The maximum Gasteiger partial charge on any atom is 0.284 e. The number of halogens is 1. The molecule has 0 saturated carbocycles. The predicted octanol–water partition coefficient (Wildman–Crippen LogP) is 2.58. The van der Waals surface area contributed by atoms with Crippen molar-refractivity contribution in [2.75, 3.05) is 0 Å². The average molecular weight is 340 g/mol. The molecule has 7 nitrogen and oxygen atoms in total. The van der Waals surface area contributed by atoms with Gasteiger partial charge in [0.25, 0.3) is 11.6 Å². The number of rotatable bonds is 4. The van der Waals surface area contributed by atoms with Crippen molar-refractivity contribution >= 4 is 27.5 Å². The van der Waals surface area contributed by atoms with Crippen LogP contribution in [0.1, 0.15) is 21.8 Å². The van der Waals surface area contributed by atoms with Crippen LogP contribution in [0.4, 0.5) is 5.69 Å². The van der Waals surface area contributed by atoms with Gasteiger partial charge >= 0.3 is 0 Å². The van der Waals surface area contributed by atoms with Crippen molar-refractivity contribution < 1.29 is 14.2 Å². The lowest BCUT2D eigenvalue weighted by molar-refractivity contribution is -0.385. The van der Waals surface area contributed by atoms with Gasteiger partial charge in [-0.3, -0.25) is 14.9 Å². The molecule has 0 radical (unpaired) electrons. The third-order valence-corrected chi connectivity index (χ3v) is 3.36. The van der Waals surface area contributed by atoms with E-state index in [2.05, 4.69) is 26.4 Å². The standard InChI is InChI=1S/C12H10BrN3O4/c1-7-5-8(15-20-7)6-14-12(17)9-3-2-4-10(11(9)13)16(18)19/h2-5H,6H2,1H3,(H,14,17). The molecule has 0 fully saturated rings. The number of aromatic nitrogens is 1. The summed E-state index contributed by atoms with van der Waals surface area (Å²) in [4.78, 5) is 22.2. The second kappa shape index (κ2) is 5.83. The van der Waals surface area contributed by atoms with Gasteiger partial charge < -0.3 is 9.84 Å². The minimum atomic E-state index is -0.554. The van der Waals surface area contributed by atoms with Crippen LogP contribution in [0.3, 0.4) is 0 Å². The minimum absolute atomic E-state index is 0.152. The van der Waals surface area contributed by atoms with Gasteiger partial charge in [-0.05, 0) is 28.9 Å². The van der Waals surface area contributed by atoms with Crippen molar-refractivity contribution in [3.05, 3.63) is 55.9 Å². The van der Waals surface area contributed by atoms with E-state index in [9.17, 15) is 14.9 Å². The molecular formula is C12H10BrN3O4. The van der Waals surface area contributed by atoms with Crippen LogP contribution in [0.5, 0.6) is 0 Å². The van der Waals surface area contributed by atoms with Crippen LogP contribution in [-0.2, 0) is 6.54 Å². The molecule has 1 amide bonds. The van der Waals surface area contributed by atoms with Crippen LogP contribution in [-0.4, -0.2) is 16.0 Å². The summed E-state index contributed by atoms with van der Waals surface area (Å²) in [6.45, 7) is 1.93. The Hall–Kier alpha value is -2.22. The van der Waals surface area contributed by atoms with Crippen molar-refractivity contribution in [3.63, 3.8) is 0 Å². The molecule has 0 atom stereocenters. The van der Waals surface area contributed by atoms with Gasteiger partial charge in [0.05, 0.1) is 17.0 Å². The number of nitrogens with zero attached hydrogens (tertiary/aromatic N) is 2. The monoisotopic (exact) mass is 339 g/mol. The molecule has 0 aliphatic carbocycles. The lowest BCUT2D eigenvalue weighted by Crippen LogP contribution is -2.23. The molecule has 0 bridgehead atoms. The number of aryl methyl sites for hydroxylation is 1. The summed E-state index contributed by atoms with van der Waals surface area (Å²) < 4.78 is 5.03. The summed E-state index contributed by atoms with van der Waals surface area (Å²) in [7, 11) is 0. The highest BCUT2D eigenvalue weighted by atomic mass is 79.9. The van der Waals surface area contributed by atoms with E-state index in [4.69, 9.17) is 4.52 Å². The van der Waals surface area contributed by atoms with Gasteiger partial charge in [-0.1, -0.05) is 11.2 Å². The van der Waals surface area contributed by atoms with E-state index in [1.54, 1.807) is 13.0 Å². The maximum atomic E-state index is 12.0. The first-order chi connectivity index (χ1) is 9.49. The number of benzene rings is 1. The number of carbonyl (C=O) groups excluding carboxylic acids is 1. The molecule has 20 heavy (non-hydrogen) atoms. The fraction of sp³-hybridized carbons (Fsp3) is 0.167. The van der Waals surface area contributed by atoms with Gasteiger partial charge in [-0.2, -0.15) is 0 Å². The van der Waals surface area contributed by atoms with Crippen molar-refractivity contribution in [2.45, 2.75) is 13.5 Å². The molecule has 104 valence electrons. The third-order valence-electron chi connectivity index (χ3n) is 2.53. The van der Waals surface area contributed by atoms with Gasteiger partial charge in [0, 0.05) is 12.1 Å². The molecule has 2 aromatic rings. The number of hydrogen-bond acceptors (Lipinski definition) is 5. The van der Waals surface area contributed by atoms with Crippen LogP contribution >= 0.6 is 15.9 Å². The van der Waals surface area contributed by atoms with Crippen molar-refractivity contribution in [3.8, 4) is 0 Å². The van der Waals surface area contributed by atoms with Crippen molar-refractivity contribution in [2.24, 2.45) is 0 Å². The molecule has 2 rings (SSSR count). The lowest BCUT2D eigenvalue weighted by Gasteiger charge is -2.05. The normalized spacial score (nSPS) is 10.3. The topological polar surface area (TPSA) is 98.3 Å². The van der Waals surface area contributed by atoms with Gasteiger partial charge in [0.15, 0.2) is 0 Å². The van der Waals surface area contributed by atoms with E-state index in [1.807, 2.05) is 0 Å². The van der Waals surface area contributed by atoms with E-state index < -0.39 is 10.8 Å². The molecule has 8 heteroatoms. The number of amides is 1. The van der Waals surface area contributed by atoms with E-state index in [-0.39, 0.29) is 22.3 Å². The average Bonchev–Trinajstić information content (AvgIpc) is 2.81. The van der Waals surface area contributed by atoms with E-state index in [1.165, 1.54) is 18.2 Å². The molecule has 0 saturated heterocycles. The van der Waals surface area contributed by atoms with E-state index >= 15 is 0 Å². The SMILES string of the molecule is Cc1cc(CNC(=O)c2cccc([N+](=O)[O-])c2Br)no1. The maximum absolute atomic E-state index is 12.0. The largest absolute Gasteiger partial charge is 0.361 e. The molecule has 0 aliphatic heterocycles. The van der Waals surface area contributed by atoms with Gasteiger partial charge in [0.1, 0.15) is 15.9 Å². The van der Waals surface area contributed by atoms with Crippen LogP contribution in [0.15, 0.2) is 33.3 Å². The Bertz CT molecular complexity index is 668. The van der Waals surface area contributed by atoms with Gasteiger partial charge in [-0.25, -0.2) is 0 Å². The summed E-state index contributed by atoms with van der Waals surface area (Å²) in [5.74, 6) is 0.215. The Morgan fingerprint density at radius 3 is 2.90 bits per heavy atom. The highest BCUT2D eigenvalue weighted by molar-refractivity contribution is 9.10. The molecule has 1 aromatic carbocycles. The quantitative estimate of drug-likeness (QED) is 0.681. The van der Waals surface area contributed by atoms with Crippen LogP contribution in [0.2, 0.25) is 0 Å². The highest BCUT2D eigenvalue weighted by Gasteiger charge is 2.19. The highest BCUT2D eigenvalue weighted by Crippen LogP contribution is 2.28. The number of nitro benzene ring substituents is 1. The fourth-order valence-corrected chi connectivity index (χ4v) is 2.19. The molecular weight excluding hydrogens is 330 g/mol. The van der Waals surface area contributed by atoms with Crippen LogP contribution < -0.4 is 5.32 Å². The molecule has 1 heterocycles. The fourth-order valence-electron chi connectivity index (χ4n) is 1.60. The Balaban J connectivity index is 2.13. The molecule has 0 spiro atoms. The second-order valence-electron chi connectivity index (χ2n) is 4.01. The van der Waals surface area contributed by atoms with Gasteiger partial charge in [0.2, 0.25) is 0 Å². The summed E-state index contributed by atoms with van der Waals surface area (Å²) >= 11 is 3.08. The Morgan fingerprint density at radius 1 is 1.55 bits per heavy atom. The molecule has 1 aromatic heterocycles. The number of nitro groups is 1. The zero-order valence-electron chi connectivity index (χ0n) is 10.4. The minimum Gasteiger partial charge on any atom is -0.361 e. The van der Waals surface area contributed by atoms with Crippen LogP contribution in [0.25, 0.3) is 0 Å². The second-order valence-corrected chi connectivity index (χ2v) is 4.80. The summed E-state index contributed by atoms with van der Waals surface area (Å²) in [5.41, 5.74) is 0.617. The lowest BCUT2D eigenvalue weighted by atomic mass is 10.2. The van der Waals surface area contributed by atoms with Crippen molar-refractivity contribution in [1.82, 2.24) is 10.5 Å². The Labute approximate surface area is 122 Å². The zero-order chi connectivity index (χ0) is 14.7. The van der Waals surface area contributed by atoms with E-state index in [0.29, 0.717) is 11.5 Å². The summed E-state index contributed by atoms with van der Waals surface area (Å²) in [6.07, 6.45) is 0. The van der Waals surface area contributed by atoms with Gasteiger partial charge in [-0.15, -0.1) is 0 Å². The molecule has 0 unspecified atom stereocenters. The number of nitrogens with one attached hydrogen (secondary N) is 1. The van der Waals surface area contributed by atoms with Crippen LogP contribution in [0, 0.1) is 17.0 Å². The van der Waals surface area contributed by atoms with Crippen molar-refractivity contribution in [1.29, 1.82) is 0 Å². The predicted molar refractivity (Wildman–Crippen MR) is 73.2 cm³/mol. The summed E-state index contributed by atoms with van der Waals surface area (Å²) in [6, 6.07) is 5.98. The Morgan fingerprint density at radius 2 is 2.30 bits per heavy atom. The molecule has 0 aliphatic rings. The summed E-state index contributed by atoms with van der Waals surface area (Å²) in [5, 5.41) is 17.2. The number of hydrogen-bond donors (Lipinski definition) is 1. The third kappa shape index (κ3) is 3.02. The smallest absolute Gasteiger partial charge is 0.284 e. The van der Waals surface area contributed by atoms with E-state index in [0.717, 1.165) is 0 Å².